The number of likely N-dealkylation sites (N-methyl/N-ethyl adjacent to an activating group) is 1. The van der Waals surface area contributed by atoms with Gasteiger partial charge in [0.15, 0.2) is 0 Å². The average Bonchev–Trinajstić information content (AvgIpc) is 2.85. The summed E-state index contributed by atoms with van der Waals surface area (Å²) in [4.78, 5) is 2.61. The van der Waals surface area contributed by atoms with Crippen LogP contribution in [0.2, 0.25) is 0 Å². The van der Waals surface area contributed by atoms with Gasteiger partial charge in [-0.15, -0.1) is 0 Å². The van der Waals surface area contributed by atoms with Crippen molar-refractivity contribution >= 4 is 0 Å². The Balaban J connectivity index is 1.79. The van der Waals surface area contributed by atoms with E-state index in [-0.39, 0.29) is 0 Å². The molecule has 2 aliphatic carbocycles. The van der Waals surface area contributed by atoms with Crippen molar-refractivity contribution in [2.45, 2.75) is 31.2 Å². The standard InChI is InChI=1S/C15H19N/c1-16-10-15(16)13-6-7-14(15)9-12-5-3-2-4-11(12)8-13/h2-5,13-14H,6-10H2,1H3/t13-,14+,15?,16?. The predicted octanol–water partition coefficient (Wildman–Crippen LogP) is 2.50. The van der Waals surface area contributed by atoms with E-state index in [0.717, 1.165) is 11.8 Å². The molecule has 3 aliphatic rings. The fourth-order valence-electron chi connectivity index (χ4n) is 4.51. The molecule has 0 N–H and O–H groups in total. The lowest BCUT2D eigenvalue weighted by Gasteiger charge is -2.21. The van der Waals surface area contributed by atoms with Crippen LogP contribution in [-0.4, -0.2) is 24.0 Å². The van der Waals surface area contributed by atoms with Gasteiger partial charge >= 0.3 is 0 Å². The Bertz CT molecular complexity index is 404. The lowest BCUT2D eigenvalue weighted by molar-refractivity contribution is 0.302. The molecule has 2 unspecified atom stereocenters. The van der Waals surface area contributed by atoms with Crippen LogP contribution >= 0.6 is 0 Å². The Morgan fingerprint density at radius 2 is 1.56 bits per heavy atom. The van der Waals surface area contributed by atoms with Gasteiger partial charge in [0.25, 0.3) is 0 Å². The highest BCUT2D eigenvalue weighted by atomic mass is 15.4. The Labute approximate surface area is 97.5 Å². The molecule has 2 bridgehead atoms. The maximum absolute atomic E-state index is 2.61. The maximum atomic E-state index is 2.61. The lowest BCUT2D eigenvalue weighted by Crippen LogP contribution is -2.30. The molecule has 1 heterocycles. The highest BCUT2D eigenvalue weighted by Gasteiger charge is 2.62. The van der Waals surface area contributed by atoms with E-state index in [0.29, 0.717) is 5.54 Å². The molecular weight excluding hydrogens is 194 g/mol. The second-order valence-electron chi connectivity index (χ2n) is 6.00. The molecule has 1 spiro atoms. The maximum Gasteiger partial charge on any atom is 0.0396 e. The summed E-state index contributed by atoms with van der Waals surface area (Å²) in [5, 5.41) is 0. The van der Waals surface area contributed by atoms with E-state index in [1.807, 2.05) is 0 Å². The number of benzene rings is 1. The van der Waals surface area contributed by atoms with E-state index in [9.17, 15) is 0 Å². The van der Waals surface area contributed by atoms with E-state index in [1.54, 1.807) is 11.1 Å². The molecule has 16 heavy (non-hydrogen) atoms. The zero-order valence-corrected chi connectivity index (χ0v) is 9.95. The largest absolute Gasteiger partial charge is 0.297 e. The Hall–Kier alpha value is -0.820. The van der Waals surface area contributed by atoms with Crippen molar-refractivity contribution in [1.82, 2.24) is 4.90 Å². The van der Waals surface area contributed by atoms with E-state index in [1.165, 1.54) is 32.2 Å². The van der Waals surface area contributed by atoms with Crippen LogP contribution in [-0.2, 0) is 12.8 Å². The normalized spacial score (nSPS) is 44.2. The fraction of sp³-hybridized carbons (Fsp3) is 0.600. The minimum atomic E-state index is 0.610. The average molecular weight is 213 g/mol. The number of fused-ring (bicyclic) bond motifs is 1. The molecule has 0 radical (unpaired) electrons. The zero-order valence-electron chi connectivity index (χ0n) is 9.95. The molecule has 1 nitrogen and oxygen atoms in total. The van der Waals surface area contributed by atoms with Crippen molar-refractivity contribution in [2.24, 2.45) is 11.8 Å². The molecule has 1 heteroatoms. The number of hydrogen-bond donors (Lipinski definition) is 0. The van der Waals surface area contributed by atoms with Gasteiger partial charge in [0, 0.05) is 12.1 Å². The van der Waals surface area contributed by atoms with Crippen molar-refractivity contribution in [3.05, 3.63) is 35.4 Å². The van der Waals surface area contributed by atoms with Gasteiger partial charge in [-0.1, -0.05) is 24.3 Å². The van der Waals surface area contributed by atoms with Crippen molar-refractivity contribution in [2.75, 3.05) is 13.6 Å². The molecule has 4 atom stereocenters. The molecule has 0 aromatic heterocycles. The summed E-state index contributed by atoms with van der Waals surface area (Å²) in [5.41, 5.74) is 3.88. The summed E-state index contributed by atoms with van der Waals surface area (Å²) < 4.78 is 0. The second kappa shape index (κ2) is 2.89. The minimum absolute atomic E-state index is 0.610. The van der Waals surface area contributed by atoms with Gasteiger partial charge in [0.2, 0.25) is 0 Å². The number of nitrogens with zero attached hydrogens (tertiary/aromatic N) is 1. The van der Waals surface area contributed by atoms with Gasteiger partial charge in [-0.25, -0.2) is 0 Å². The van der Waals surface area contributed by atoms with Gasteiger partial charge in [0.05, 0.1) is 0 Å². The van der Waals surface area contributed by atoms with Gasteiger partial charge in [0.1, 0.15) is 0 Å². The molecule has 1 saturated heterocycles. The summed E-state index contributed by atoms with van der Waals surface area (Å²) >= 11 is 0. The molecule has 2 fully saturated rings. The van der Waals surface area contributed by atoms with Crippen molar-refractivity contribution < 1.29 is 0 Å². The summed E-state index contributed by atoms with van der Waals surface area (Å²) in [6.45, 7) is 1.36. The fourth-order valence-corrected chi connectivity index (χ4v) is 4.51. The van der Waals surface area contributed by atoms with Gasteiger partial charge in [-0.2, -0.15) is 0 Å². The molecule has 0 amide bonds. The third-order valence-corrected chi connectivity index (χ3v) is 5.43. The van der Waals surface area contributed by atoms with Crippen LogP contribution in [0.15, 0.2) is 24.3 Å². The smallest absolute Gasteiger partial charge is 0.0396 e. The Kier molecular flexibility index (Phi) is 1.67. The van der Waals surface area contributed by atoms with Crippen molar-refractivity contribution in [1.29, 1.82) is 0 Å². The van der Waals surface area contributed by atoms with Crippen LogP contribution in [0, 0.1) is 11.8 Å². The first-order chi connectivity index (χ1) is 7.80. The first-order valence-electron chi connectivity index (χ1n) is 6.59. The molecule has 84 valence electrons. The van der Waals surface area contributed by atoms with E-state index >= 15 is 0 Å². The quantitative estimate of drug-likeness (QED) is 0.598. The summed E-state index contributed by atoms with van der Waals surface area (Å²) in [7, 11) is 2.32. The van der Waals surface area contributed by atoms with E-state index < -0.39 is 0 Å². The first kappa shape index (κ1) is 9.23. The second-order valence-corrected chi connectivity index (χ2v) is 6.00. The molecule has 1 aliphatic heterocycles. The van der Waals surface area contributed by atoms with Gasteiger partial charge in [-0.3, -0.25) is 4.90 Å². The minimum Gasteiger partial charge on any atom is -0.297 e. The van der Waals surface area contributed by atoms with Crippen molar-refractivity contribution in [3.63, 3.8) is 0 Å². The highest BCUT2D eigenvalue weighted by molar-refractivity contribution is 5.34. The Morgan fingerprint density at radius 3 is 2.00 bits per heavy atom. The topological polar surface area (TPSA) is 3.01 Å². The SMILES string of the molecule is CN1CC12[C@@H]1CC[C@H]2Cc2ccccc2C1. The van der Waals surface area contributed by atoms with E-state index in [2.05, 4.69) is 36.2 Å². The molecular formula is C15H19N. The predicted molar refractivity (Wildman–Crippen MR) is 65.4 cm³/mol. The first-order valence-corrected chi connectivity index (χ1v) is 6.59. The Morgan fingerprint density at radius 1 is 1.06 bits per heavy atom. The van der Waals surface area contributed by atoms with E-state index in [4.69, 9.17) is 0 Å². The third kappa shape index (κ3) is 1.00. The molecule has 1 saturated carbocycles. The monoisotopic (exact) mass is 213 g/mol. The van der Waals surface area contributed by atoms with Crippen LogP contribution in [0.25, 0.3) is 0 Å². The summed E-state index contributed by atoms with van der Waals surface area (Å²) in [6.07, 6.45) is 5.58. The highest BCUT2D eigenvalue weighted by Crippen LogP contribution is 2.57. The van der Waals surface area contributed by atoms with Crippen molar-refractivity contribution in [3.8, 4) is 0 Å². The van der Waals surface area contributed by atoms with Crippen LogP contribution in [0.4, 0.5) is 0 Å². The van der Waals surface area contributed by atoms with Crippen LogP contribution in [0.1, 0.15) is 24.0 Å². The van der Waals surface area contributed by atoms with Crippen LogP contribution in [0.3, 0.4) is 0 Å². The van der Waals surface area contributed by atoms with Gasteiger partial charge < -0.3 is 0 Å². The molecule has 1 aromatic rings. The van der Waals surface area contributed by atoms with Crippen LogP contribution in [0.5, 0.6) is 0 Å². The molecule has 1 aromatic carbocycles. The molecule has 4 rings (SSSR count). The van der Waals surface area contributed by atoms with Gasteiger partial charge in [-0.05, 0) is 55.7 Å². The summed E-state index contributed by atoms with van der Waals surface area (Å²) in [5.74, 6) is 1.87. The zero-order chi connectivity index (χ0) is 10.8. The third-order valence-electron chi connectivity index (χ3n) is 5.43. The lowest BCUT2D eigenvalue weighted by atomic mass is 9.87. The van der Waals surface area contributed by atoms with Crippen LogP contribution < -0.4 is 0 Å². The summed E-state index contributed by atoms with van der Waals surface area (Å²) in [6, 6.07) is 9.13. The number of hydrogen-bond acceptors (Lipinski definition) is 1. The number of rotatable bonds is 0.